The Hall–Kier alpha value is -1.10. The summed E-state index contributed by atoms with van der Waals surface area (Å²) in [6.45, 7) is 1.81. The van der Waals surface area contributed by atoms with E-state index in [2.05, 4.69) is 11.9 Å². The molecule has 0 aromatic carbocycles. The van der Waals surface area contributed by atoms with E-state index in [1.165, 1.54) is 6.42 Å². The molecule has 3 unspecified atom stereocenters. The largest absolute Gasteiger partial charge is 0.481 e. The third-order valence-corrected chi connectivity index (χ3v) is 4.93. The van der Waals surface area contributed by atoms with Gasteiger partial charge in [-0.1, -0.05) is 12.8 Å². The quantitative estimate of drug-likeness (QED) is 0.847. The van der Waals surface area contributed by atoms with E-state index in [4.69, 9.17) is 0 Å². The fraction of sp³-hybridized carbons (Fsp3) is 0.867. The molecule has 1 heterocycles. The van der Waals surface area contributed by atoms with Gasteiger partial charge in [0.25, 0.3) is 0 Å². The molecule has 1 saturated carbocycles. The van der Waals surface area contributed by atoms with Gasteiger partial charge in [0.15, 0.2) is 0 Å². The standard InChI is InChI=1S/C15H26N2O3/c1-16-9-5-6-11(16)10-17(2)14(18)12-7-3-4-8-13(12)15(19)20/h11-13H,3-10H2,1-2H3,(H,19,20). The number of hydrogen-bond acceptors (Lipinski definition) is 3. The molecule has 2 rings (SSSR count). The van der Waals surface area contributed by atoms with Crippen LogP contribution in [0.25, 0.3) is 0 Å². The van der Waals surface area contributed by atoms with Gasteiger partial charge in [-0.3, -0.25) is 9.59 Å². The average Bonchev–Trinajstić information content (AvgIpc) is 2.83. The molecule has 2 aliphatic rings. The minimum absolute atomic E-state index is 0.0254. The molecule has 114 valence electrons. The predicted molar refractivity (Wildman–Crippen MR) is 76.4 cm³/mol. The summed E-state index contributed by atoms with van der Waals surface area (Å²) in [6.07, 6.45) is 5.57. The molecule has 5 heteroatoms. The number of nitrogens with zero attached hydrogens (tertiary/aromatic N) is 2. The molecule has 1 aliphatic heterocycles. The number of carboxylic acid groups (broad SMARTS) is 1. The third kappa shape index (κ3) is 3.32. The van der Waals surface area contributed by atoms with Gasteiger partial charge < -0.3 is 14.9 Å². The van der Waals surface area contributed by atoms with Gasteiger partial charge in [-0.05, 0) is 39.3 Å². The summed E-state index contributed by atoms with van der Waals surface area (Å²) in [5.74, 6) is -1.59. The molecule has 20 heavy (non-hydrogen) atoms. The first-order chi connectivity index (χ1) is 9.50. The zero-order valence-corrected chi connectivity index (χ0v) is 12.5. The highest BCUT2D eigenvalue weighted by Gasteiger charge is 2.37. The van der Waals surface area contributed by atoms with E-state index in [0.717, 1.165) is 38.8 Å². The van der Waals surface area contributed by atoms with E-state index in [-0.39, 0.29) is 11.8 Å². The van der Waals surface area contributed by atoms with Crippen molar-refractivity contribution in [2.24, 2.45) is 11.8 Å². The zero-order chi connectivity index (χ0) is 14.7. The minimum Gasteiger partial charge on any atom is -0.481 e. The highest BCUT2D eigenvalue weighted by molar-refractivity contribution is 5.84. The van der Waals surface area contributed by atoms with Crippen LogP contribution in [0.1, 0.15) is 38.5 Å². The maximum Gasteiger partial charge on any atom is 0.307 e. The van der Waals surface area contributed by atoms with Crippen molar-refractivity contribution in [3.63, 3.8) is 0 Å². The van der Waals surface area contributed by atoms with Gasteiger partial charge in [-0.15, -0.1) is 0 Å². The summed E-state index contributed by atoms with van der Waals surface area (Å²) in [6, 6.07) is 0.427. The molecule has 5 nitrogen and oxygen atoms in total. The monoisotopic (exact) mass is 282 g/mol. The highest BCUT2D eigenvalue weighted by Crippen LogP contribution is 2.31. The Balaban J connectivity index is 1.95. The topological polar surface area (TPSA) is 60.9 Å². The lowest BCUT2D eigenvalue weighted by atomic mass is 9.78. The molecule has 1 amide bonds. The molecule has 0 aromatic heterocycles. The fourth-order valence-corrected chi connectivity index (χ4v) is 3.62. The SMILES string of the molecule is CN(CC1CCCN1C)C(=O)C1CCCCC1C(=O)O. The molecule has 1 aliphatic carbocycles. The van der Waals surface area contributed by atoms with E-state index in [0.29, 0.717) is 12.5 Å². The predicted octanol–water partition coefficient (Wildman–Crippen LogP) is 1.43. The number of carbonyl (C=O) groups excluding carboxylic acids is 1. The second-order valence-electron chi connectivity index (χ2n) is 6.33. The Morgan fingerprint density at radius 3 is 2.35 bits per heavy atom. The summed E-state index contributed by atoms with van der Waals surface area (Å²) in [5, 5.41) is 9.29. The lowest BCUT2D eigenvalue weighted by molar-refractivity contribution is -0.152. The Morgan fingerprint density at radius 1 is 1.15 bits per heavy atom. The summed E-state index contributed by atoms with van der Waals surface area (Å²) >= 11 is 0. The van der Waals surface area contributed by atoms with E-state index in [9.17, 15) is 14.7 Å². The van der Waals surface area contributed by atoms with Gasteiger partial charge >= 0.3 is 5.97 Å². The van der Waals surface area contributed by atoms with E-state index in [1.807, 2.05) is 7.05 Å². The molecule has 3 atom stereocenters. The van der Waals surface area contributed by atoms with Crippen molar-refractivity contribution in [2.75, 3.05) is 27.2 Å². The number of likely N-dealkylation sites (N-methyl/N-ethyl adjacent to an activating group) is 2. The van der Waals surface area contributed by atoms with Crippen molar-refractivity contribution < 1.29 is 14.7 Å². The van der Waals surface area contributed by atoms with Crippen LogP contribution in [0.2, 0.25) is 0 Å². The van der Waals surface area contributed by atoms with Gasteiger partial charge in [0.1, 0.15) is 0 Å². The Bertz CT molecular complexity index is 372. The van der Waals surface area contributed by atoms with Crippen LogP contribution in [-0.2, 0) is 9.59 Å². The highest BCUT2D eigenvalue weighted by atomic mass is 16.4. The van der Waals surface area contributed by atoms with Crippen LogP contribution < -0.4 is 0 Å². The molecular weight excluding hydrogens is 256 g/mol. The Kier molecular flexibility index (Phi) is 5.02. The summed E-state index contributed by atoms with van der Waals surface area (Å²) in [7, 11) is 3.92. The van der Waals surface area contributed by atoms with Gasteiger partial charge in [-0.2, -0.15) is 0 Å². The molecular formula is C15H26N2O3. The fourth-order valence-electron chi connectivity index (χ4n) is 3.62. The van der Waals surface area contributed by atoms with Gasteiger partial charge in [0.2, 0.25) is 5.91 Å². The van der Waals surface area contributed by atoms with Crippen LogP contribution in [0.15, 0.2) is 0 Å². The Labute approximate surface area is 120 Å². The molecule has 0 aromatic rings. The van der Waals surface area contributed by atoms with Crippen LogP contribution in [0, 0.1) is 11.8 Å². The summed E-state index contributed by atoms with van der Waals surface area (Å²) in [5.41, 5.74) is 0. The normalized spacial score (nSPS) is 31.2. The Morgan fingerprint density at radius 2 is 1.80 bits per heavy atom. The van der Waals surface area contributed by atoms with Crippen molar-refractivity contribution in [3.05, 3.63) is 0 Å². The lowest BCUT2D eigenvalue weighted by Gasteiger charge is -2.33. The van der Waals surface area contributed by atoms with Crippen molar-refractivity contribution in [3.8, 4) is 0 Å². The van der Waals surface area contributed by atoms with Crippen LogP contribution >= 0.6 is 0 Å². The number of hydrogen-bond donors (Lipinski definition) is 1. The summed E-state index contributed by atoms with van der Waals surface area (Å²) in [4.78, 5) is 27.9. The van der Waals surface area contributed by atoms with Crippen molar-refractivity contribution >= 4 is 11.9 Å². The molecule has 2 fully saturated rings. The first kappa shape index (κ1) is 15.3. The van der Waals surface area contributed by atoms with Gasteiger partial charge in [0.05, 0.1) is 11.8 Å². The molecule has 1 N–H and O–H groups in total. The molecule has 0 spiro atoms. The second kappa shape index (κ2) is 6.57. The number of rotatable bonds is 4. The van der Waals surface area contributed by atoms with Crippen LogP contribution in [0.5, 0.6) is 0 Å². The number of likely N-dealkylation sites (tertiary alicyclic amines) is 1. The number of amides is 1. The van der Waals surface area contributed by atoms with E-state index in [1.54, 1.807) is 4.90 Å². The van der Waals surface area contributed by atoms with Gasteiger partial charge in [-0.25, -0.2) is 0 Å². The molecule has 0 radical (unpaired) electrons. The number of carbonyl (C=O) groups is 2. The van der Waals surface area contributed by atoms with Crippen LogP contribution in [-0.4, -0.2) is 60.0 Å². The van der Waals surface area contributed by atoms with Crippen molar-refractivity contribution in [1.29, 1.82) is 0 Å². The average molecular weight is 282 g/mol. The van der Waals surface area contributed by atoms with Crippen molar-refractivity contribution in [1.82, 2.24) is 9.80 Å². The van der Waals surface area contributed by atoms with E-state index < -0.39 is 11.9 Å². The number of carboxylic acids is 1. The van der Waals surface area contributed by atoms with Crippen LogP contribution in [0.3, 0.4) is 0 Å². The summed E-state index contributed by atoms with van der Waals surface area (Å²) < 4.78 is 0. The molecule has 0 bridgehead atoms. The van der Waals surface area contributed by atoms with Gasteiger partial charge in [0, 0.05) is 19.6 Å². The molecule has 1 saturated heterocycles. The van der Waals surface area contributed by atoms with Crippen LogP contribution in [0.4, 0.5) is 0 Å². The minimum atomic E-state index is -0.811. The first-order valence-electron chi connectivity index (χ1n) is 7.68. The smallest absolute Gasteiger partial charge is 0.307 e. The zero-order valence-electron chi connectivity index (χ0n) is 12.5. The van der Waals surface area contributed by atoms with E-state index >= 15 is 0 Å². The third-order valence-electron chi connectivity index (χ3n) is 4.93. The lowest BCUT2D eigenvalue weighted by Crippen LogP contribution is -2.45. The first-order valence-corrected chi connectivity index (χ1v) is 7.68. The maximum absolute atomic E-state index is 12.6. The van der Waals surface area contributed by atoms with Crippen molar-refractivity contribution in [2.45, 2.75) is 44.6 Å². The number of aliphatic carboxylic acids is 1. The second-order valence-corrected chi connectivity index (χ2v) is 6.33. The maximum atomic E-state index is 12.6.